The van der Waals surface area contributed by atoms with Crippen molar-refractivity contribution in [3.8, 4) is 0 Å². The predicted molar refractivity (Wildman–Crippen MR) is 74.0 cm³/mol. The van der Waals surface area contributed by atoms with E-state index in [9.17, 15) is 9.18 Å². The van der Waals surface area contributed by atoms with Crippen molar-refractivity contribution in [1.82, 2.24) is 9.78 Å². The van der Waals surface area contributed by atoms with Crippen molar-refractivity contribution in [1.29, 1.82) is 0 Å². The largest absolute Gasteiger partial charge is 0.442 e. The SMILES string of the molecule is CC(C)(C)OC(=O)n1nc(I)c2cccc(F)c21. The quantitative estimate of drug-likeness (QED) is 0.674. The average molecular weight is 362 g/mol. The second-order valence-corrected chi connectivity index (χ2v) is 5.84. The first-order valence-corrected chi connectivity index (χ1v) is 6.43. The van der Waals surface area contributed by atoms with Gasteiger partial charge in [0.1, 0.15) is 20.6 Å². The summed E-state index contributed by atoms with van der Waals surface area (Å²) in [7, 11) is 0. The zero-order chi connectivity index (χ0) is 13.5. The number of fused-ring (bicyclic) bond motifs is 1. The lowest BCUT2D eigenvalue weighted by Crippen LogP contribution is -2.28. The van der Waals surface area contributed by atoms with Gasteiger partial charge in [-0.1, -0.05) is 6.07 Å². The number of rotatable bonds is 0. The standard InChI is InChI=1S/C12H12FIN2O2/c1-12(2,3)18-11(17)16-9-7(10(14)15-16)5-4-6-8(9)13/h4-6H,1-3H3. The predicted octanol–water partition coefficient (Wildman–Crippen LogP) is 3.56. The van der Waals surface area contributed by atoms with Gasteiger partial charge in [0.2, 0.25) is 0 Å². The molecule has 0 spiro atoms. The number of carbonyl (C=O) groups is 1. The molecule has 0 saturated heterocycles. The van der Waals surface area contributed by atoms with Crippen LogP contribution >= 0.6 is 22.6 Å². The summed E-state index contributed by atoms with van der Waals surface area (Å²) in [4.78, 5) is 11.9. The van der Waals surface area contributed by atoms with Gasteiger partial charge in [-0.25, -0.2) is 9.18 Å². The molecule has 0 amide bonds. The minimum atomic E-state index is -0.680. The lowest BCUT2D eigenvalue weighted by molar-refractivity contribution is 0.0521. The molecule has 6 heteroatoms. The third-order valence-corrected chi connectivity index (χ3v) is 2.97. The smallest absolute Gasteiger partial charge is 0.435 e. The fourth-order valence-corrected chi connectivity index (χ4v) is 2.18. The molecule has 0 aliphatic carbocycles. The van der Waals surface area contributed by atoms with Gasteiger partial charge in [-0.15, -0.1) is 0 Å². The number of carbonyl (C=O) groups excluding carboxylic acids is 1. The number of hydrogen-bond donors (Lipinski definition) is 0. The fraction of sp³-hybridized carbons (Fsp3) is 0.333. The molecule has 4 nitrogen and oxygen atoms in total. The van der Waals surface area contributed by atoms with E-state index in [1.165, 1.54) is 6.07 Å². The van der Waals surface area contributed by atoms with Crippen molar-refractivity contribution in [3.63, 3.8) is 0 Å². The van der Waals surface area contributed by atoms with Gasteiger partial charge in [0.15, 0.2) is 0 Å². The summed E-state index contributed by atoms with van der Waals surface area (Å²) in [5.74, 6) is -0.492. The van der Waals surface area contributed by atoms with E-state index >= 15 is 0 Å². The molecular weight excluding hydrogens is 350 g/mol. The van der Waals surface area contributed by atoms with Crippen LogP contribution in [0.3, 0.4) is 0 Å². The fourth-order valence-electron chi connectivity index (χ4n) is 1.53. The number of halogens is 2. The van der Waals surface area contributed by atoms with Crippen molar-refractivity contribution >= 4 is 39.6 Å². The summed E-state index contributed by atoms with van der Waals surface area (Å²) >= 11 is 1.96. The van der Waals surface area contributed by atoms with E-state index < -0.39 is 17.5 Å². The number of para-hydroxylation sites is 1. The molecule has 0 radical (unpaired) electrons. The summed E-state index contributed by atoms with van der Waals surface area (Å²) in [6, 6.07) is 4.59. The lowest BCUT2D eigenvalue weighted by Gasteiger charge is -2.19. The normalized spacial score (nSPS) is 11.8. The van der Waals surface area contributed by atoms with Crippen molar-refractivity contribution in [2.75, 3.05) is 0 Å². The monoisotopic (exact) mass is 362 g/mol. The first-order valence-electron chi connectivity index (χ1n) is 5.36. The maximum atomic E-state index is 13.8. The molecule has 0 unspecified atom stereocenters. The lowest BCUT2D eigenvalue weighted by atomic mass is 10.2. The van der Waals surface area contributed by atoms with Gasteiger partial charge in [0.25, 0.3) is 0 Å². The molecule has 1 aromatic heterocycles. The number of aromatic nitrogens is 2. The molecule has 96 valence electrons. The summed E-state index contributed by atoms with van der Waals surface area (Å²) in [5, 5.41) is 4.62. The van der Waals surface area contributed by atoms with Crippen molar-refractivity contribution in [2.45, 2.75) is 26.4 Å². The van der Waals surface area contributed by atoms with Crippen LogP contribution in [-0.2, 0) is 4.74 Å². The minimum absolute atomic E-state index is 0.149. The van der Waals surface area contributed by atoms with Crippen LogP contribution in [0.1, 0.15) is 20.8 Å². The van der Waals surface area contributed by atoms with Gasteiger partial charge in [0, 0.05) is 5.39 Å². The highest BCUT2D eigenvalue weighted by atomic mass is 127. The first-order chi connectivity index (χ1) is 8.29. The van der Waals surface area contributed by atoms with Crippen LogP contribution in [-0.4, -0.2) is 21.5 Å². The third-order valence-electron chi connectivity index (χ3n) is 2.18. The average Bonchev–Trinajstić information content (AvgIpc) is 2.56. The van der Waals surface area contributed by atoms with E-state index in [0.717, 1.165) is 4.68 Å². The second-order valence-electron chi connectivity index (χ2n) is 4.82. The summed E-state index contributed by atoms with van der Waals surface area (Å²) in [6.07, 6.45) is -0.680. The van der Waals surface area contributed by atoms with E-state index in [0.29, 0.717) is 9.09 Å². The summed E-state index contributed by atoms with van der Waals surface area (Å²) in [5.41, 5.74) is -0.498. The van der Waals surface area contributed by atoms with Gasteiger partial charge in [-0.05, 0) is 55.5 Å². The molecule has 0 fully saturated rings. The molecule has 0 aliphatic rings. The Morgan fingerprint density at radius 1 is 1.44 bits per heavy atom. The van der Waals surface area contributed by atoms with Crippen LogP contribution in [0.2, 0.25) is 0 Å². The highest BCUT2D eigenvalue weighted by Gasteiger charge is 2.23. The topological polar surface area (TPSA) is 44.1 Å². The van der Waals surface area contributed by atoms with Crippen LogP contribution < -0.4 is 0 Å². The van der Waals surface area contributed by atoms with Gasteiger partial charge >= 0.3 is 6.09 Å². The van der Waals surface area contributed by atoms with E-state index in [-0.39, 0.29) is 5.52 Å². The second kappa shape index (κ2) is 4.49. The van der Waals surface area contributed by atoms with E-state index in [2.05, 4.69) is 5.10 Å². The zero-order valence-corrected chi connectivity index (χ0v) is 12.4. The van der Waals surface area contributed by atoms with Crippen molar-refractivity contribution < 1.29 is 13.9 Å². The highest BCUT2D eigenvalue weighted by molar-refractivity contribution is 14.1. The highest BCUT2D eigenvalue weighted by Crippen LogP contribution is 2.23. The molecule has 0 N–H and O–H groups in total. The number of nitrogens with zero attached hydrogens (tertiary/aromatic N) is 2. The first kappa shape index (κ1) is 13.3. The Labute approximate surface area is 117 Å². The molecule has 0 saturated carbocycles. The van der Waals surface area contributed by atoms with Crippen LogP contribution in [0, 0.1) is 9.52 Å². The minimum Gasteiger partial charge on any atom is -0.442 e. The van der Waals surface area contributed by atoms with Crippen LogP contribution in [0.15, 0.2) is 18.2 Å². The Balaban J connectivity index is 2.55. The summed E-state index contributed by atoms with van der Waals surface area (Å²) in [6.45, 7) is 5.24. The third kappa shape index (κ3) is 2.47. The maximum Gasteiger partial charge on any atom is 0.435 e. The van der Waals surface area contributed by atoms with E-state index in [4.69, 9.17) is 4.74 Å². The molecule has 0 atom stereocenters. The maximum absolute atomic E-state index is 13.8. The Kier molecular flexibility index (Phi) is 3.31. The molecule has 2 aromatic rings. The van der Waals surface area contributed by atoms with Crippen molar-refractivity contribution in [3.05, 3.63) is 27.7 Å². The van der Waals surface area contributed by atoms with Gasteiger partial charge in [-0.3, -0.25) is 0 Å². The van der Waals surface area contributed by atoms with Crippen molar-refractivity contribution in [2.24, 2.45) is 0 Å². The van der Waals surface area contributed by atoms with E-state index in [1.807, 2.05) is 22.6 Å². The van der Waals surface area contributed by atoms with Crippen LogP contribution in [0.25, 0.3) is 10.9 Å². The van der Waals surface area contributed by atoms with Gasteiger partial charge in [0.05, 0.1) is 0 Å². The molecule has 0 aliphatic heterocycles. The van der Waals surface area contributed by atoms with Crippen LogP contribution in [0.4, 0.5) is 9.18 Å². The number of ether oxygens (including phenoxy) is 1. The molecule has 2 rings (SSSR count). The molecule has 1 heterocycles. The Bertz CT molecular complexity index is 616. The molecule has 0 bridgehead atoms. The molecule has 18 heavy (non-hydrogen) atoms. The Morgan fingerprint density at radius 3 is 2.72 bits per heavy atom. The Hall–Kier alpha value is -1.18. The van der Waals surface area contributed by atoms with Crippen LogP contribution in [0.5, 0.6) is 0 Å². The number of benzene rings is 1. The van der Waals surface area contributed by atoms with Gasteiger partial charge in [-0.2, -0.15) is 9.78 Å². The van der Waals surface area contributed by atoms with E-state index in [1.54, 1.807) is 32.9 Å². The zero-order valence-electron chi connectivity index (χ0n) is 10.2. The summed E-state index contributed by atoms with van der Waals surface area (Å²) < 4.78 is 20.5. The number of hydrogen-bond acceptors (Lipinski definition) is 3. The molecular formula is C12H12FIN2O2. The van der Waals surface area contributed by atoms with Gasteiger partial charge < -0.3 is 4.74 Å². The Morgan fingerprint density at radius 2 is 2.11 bits per heavy atom. The molecule has 1 aromatic carbocycles.